The normalized spacial score (nSPS) is 17.9. The molecule has 19 heavy (non-hydrogen) atoms. The minimum Gasteiger partial charge on any atom is -0.344 e. The smallest absolute Gasteiger partial charge is 0.222 e. The lowest BCUT2D eigenvalue weighted by atomic mass is 9.81. The second-order valence-corrected chi connectivity index (χ2v) is 5.41. The van der Waals surface area contributed by atoms with E-state index >= 15 is 0 Å². The van der Waals surface area contributed by atoms with Gasteiger partial charge in [-0.3, -0.25) is 4.79 Å². The number of amides is 1. The van der Waals surface area contributed by atoms with Gasteiger partial charge in [0.25, 0.3) is 0 Å². The molecule has 1 aromatic rings. The lowest BCUT2D eigenvalue weighted by Gasteiger charge is -2.27. The van der Waals surface area contributed by atoms with Crippen molar-refractivity contribution in [2.45, 2.75) is 31.6 Å². The first-order valence-electron chi connectivity index (χ1n) is 7.18. The lowest BCUT2D eigenvalue weighted by molar-refractivity contribution is -0.130. The molecule has 1 aromatic carbocycles. The second-order valence-electron chi connectivity index (χ2n) is 5.41. The number of nitrogens with one attached hydrogen (secondary N) is 1. The molecule has 0 spiro atoms. The molecule has 1 atom stereocenters. The van der Waals surface area contributed by atoms with Crippen LogP contribution in [0.5, 0.6) is 0 Å². The van der Waals surface area contributed by atoms with Gasteiger partial charge in [-0.2, -0.15) is 0 Å². The quantitative estimate of drug-likeness (QED) is 0.880. The van der Waals surface area contributed by atoms with Crippen LogP contribution in [0, 0.1) is 0 Å². The molecule has 0 saturated heterocycles. The fourth-order valence-electron chi connectivity index (χ4n) is 2.84. The maximum absolute atomic E-state index is 12.2. The number of benzene rings is 1. The van der Waals surface area contributed by atoms with Crippen LogP contribution < -0.4 is 5.32 Å². The van der Waals surface area contributed by atoms with Gasteiger partial charge >= 0.3 is 0 Å². The van der Waals surface area contributed by atoms with Crippen LogP contribution in [0.4, 0.5) is 0 Å². The summed E-state index contributed by atoms with van der Waals surface area (Å²) in [6.07, 6.45) is 4.16. The Morgan fingerprint density at radius 1 is 1.42 bits per heavy atom. The molecule has 0 heterocycles. The van der Waals surface area contributed by atoms with Gasteiger partial charge in [0.05, 0.1) is 0 Å². The van der Waals surface area contributed by atoms with Crippen molar-refractivity contribution in [3.8, 4) is 0 Å². The van der Waals surface area contributed by atoms with Crippen molar-refractivity contribution in [2.24, 2.45) is 0 Å². The monoisotopic (exact) mass is 260 g/mol. The van der Waals surface area contributed by atoms with Crippen LogP contribution in [-0.4, -0.2) is 38.0 Å². The largest absolute Gasteiger partial charge is 0.344 e. The lowest BCUT2D eigenvalue weighted by Crippen LogP contribution is -2.33. The first-order chi connectivity index (χ1) is 9.22. The molecular weight excluding hydrogens is 236 g/mol. The SMILES string of the molecule is CNCCN(C)C(=O)CC1CCCc2ccccc21. The molecule has 0 bridgehead atoms. The standard InChI is InChI=1S/C16H24N2O/c1-17-10-11-18(2)16(19)12-14-8-5-7-13-6-3-4-9-15(13)14/h3-4,6,9,14,17H,5,7-8,10-12H2,1-2H3. The van der Waals surface area contributed by atoms with Crippen LogP contribution in [0.1, 0.15) is 36.3 Å². The molecule has 0 fully saturated rings. The highest BCUT2D eigenvalue weighted by Gasteiger charge is 2.23. The summed E-state index contributed by atoms with van der Waals surface area (Å²) in [6, 6.07) is 8.59. The molecule has 0 radical (unpaired) electrons. The zero-order valence-corrected chi connectivity index (χ0v) is 12.0. The highest BCUT2D eigenvalue weighted by Crippen LogP contribution is 2.33. The van der Waals surface area contributed by atoms with E-state index in [2.05, 4.69) is 29.6 Å². The minimum absolute atomic E-state index is 0.261. The predicted molar refractivity (Wildman–Crippen MR) is 78.3 cm³/mol. The van der Waals surface area contributed by atoms with Gasteiger partial charge in [0.1, 0.15) is 0 Å². The predicted octanol–water partition coefficient (Wildman–Crippen LogP) is 2.17. The number of aryl methyl sites for hydroxylation is 1. The van der Waals surface area contributed by atoms with E-state index < -0.39 is 0 Å². The topological polar surface area (TPSA) is 32.3 Å². The maximum Gasteiger partial charge on any atom is 0.222 e. The van der Waals surface area contributed by atoms with E-state index in [1.807, 2.05) is 19.0 Å². The third-order valence-corrected chi connectivity index (χ3v) is 4.04. The highest BCUT2D eigenvalue weighted by molar-refractivity contribution is 5.77. The molecule has 104 valence electrons. The third kappa shape index (κ3) is 3.57. The van der Waals surface area contributed by atoms with Crippen LogP contribution in [0.15, 0.2) is 24.3 Å². The fourth-order valence-corrected chi connectivity index (χ4v) is 2.84. The number of nitrogens with zero attached hydrogens (tertiary/aromatic N) is 1. The van der Waals surface area contributed by atoms with Gasteiger partial charge in [0.15, 0.2) is 0 Å². The summed E-state index contributed by atoms with van der Waals surface area (Å²) in [5.41, 5.74) is 2.83. The number of likely N-dealkylation sites (N-methyl/N-ethyl adjacent to an activating group) is 2. The molecule has 1 unspecified atom stereocenters. The number of rotatable bonds is 5. The summed E-state index contributed by atoms with van der Waals surface area (Å²) in [5, 5.41) is 3.08. The Labute approximate surface area is 116 Å². The molecule has 0 aliphatic heterocycles. The summed E-state index contributed by atoms with van der Waals surface area (Å²) >= 11 is 0. The summed E-state index contributed by atoms with van der Waals surface area (Å²) in [4.78, 5) is 14.1. The average molecular weight is 260 g/mol. The first-order valence-corrected chi connectivity index (χ1v) is 7.18. The molecule has 0 saturated carbocycles. The Hall–Kier alpha value is -1.35. The number of carbonyl (C=O) groups excluding carboxylic acids is 1. The molecule has 1 amide bonds. The third-order valence-electron chi connectivity index (χ3n) is 4.04. The molecular formula is C16H24N2O. The summed E-state index contributed by atoms with van der Waals surface area (Å²) in [5.74, 6) is 0.673. The van der Waals surface area contributed by atoms with Crippen LogP contribution >= 0.6 is 0 Å². The van der Waals surface area contributed by atoms with Gasteiger partial charge in [-0.1, -0.05) is 24.3 Å². The van der Waals surface area contributed by atoms with Crippen molar-refractivity contribution in [3.63, 3.8) is 0 Å². The zero-order valence-electron chi connectivity index (χ0n) is 12.0. The van der Waals surface area contributed by atoms with E-state index in [0.717, 1.165) is 25.9 Å². The van der Waals surface area contributed by atoms with Crippen molar-refractivity contribution in [1.82, 2.24) is 10.2 Å². The second kappa shape index (κ2) is 6.71. The van der Waals surface area contributed by atoms with Crippen molar-refractivity contribution in [1.29, 1.82) is 0 Å². The van der Waals surface area contributed by atoms with Crippen LogP contribution in [0.25, 0.3) is 0 Å². The van der Waals surface area contributed by atoms with Gasteiger partial charge in [0, 0.05) is 26.6 Å². The van der Waals surface area contributed by atoms with E-state index in [0.29, 0.717) is 12.3 Å². The Bertz CT molecular complexity index is 431. The van der Waals surface area contributed by atoms with Gasteiger partial charge in [-0.15, -0.1) is 0 Å². The number of hydrogen-bond acceptors (Lipinski definition) is 2. The van der Waals surface area contributed by atoms with E-state index in [1.165, 1.54) is 17.5 Å². The van der Waals surface area contributed by atoms with Gasteiger partial charge < -0.3 is 10.2 Å². The Morgan fingerprint density at radius 2 is 2.21 bits per heavy atom. The Kier molecular flexibility index (Phi) is 4.97. The van der Waals surface area contributed by atoms with E-state index in [1.54, 1.807) is 0 Å². The van der Waals surface area contributed by atoms with Crippen molar-refractivity contribution >= 4 is 5.91 Å². The average Bonchev–Trinajstić information content (AvgIpc) is 2.45. The molecule has 2 rings (SSSR count). The molecule has 1 aliphatic rings. The van der Waals surface area contributed by atoms with Gasteiger partial charge in [0.2, 0.25) is 5.91 Å². The van der Waals surface area contributed by atoms with Crippen LogP contribution in [0.3, 0.4) is 0 Å². The van der Waals surface area contributed by atoms with E-state index in [-0.39, 0.29) is 5.91 Å². The first kappa shape index (κ1) is 14.1. The molecule has 1 N–H and O–H groups in total. The summed E-state index contributed by atoms with van der Waals surface area (Å²) < 4.78 is 0. The van der Waals surface area contributed by atoms with Gasteiger partial charge in [-0.05, 0) is 43.4 Å². The number of carbonyl (C=O) groups is 1. The van der Waals surface area contributed by atoms with Crippen LogP contribution in [-0.2, 0) is 11.2 Å². The maximum atomic E-state index is 12.2. The molecule has 3 nitrogen and oxygen atoms in total. The molecule has 3 heteroatoms. The van der Waals surface area contributed by atoms with Crippen molar-refractivity contribution in [2.75, 3.05) is 27.2 Å². The minimum atomic E-state index is 0.261. The zero-order chi connectivity index (χ0) is 13.7. The molecule has 0 aromatic heterocycles. The summed E-state index contributed by atoms with van der Waals surface area (Å²) in [6.45, 7) is 1.63. The fraction of sp³-hybridized carbons (Fsp3) is 0.562. The van der Waals surface area contributed by atoms with Gasteiger partial charge in [-0.25, -0.2) is 0 Å². The number of fused-ring (bicyclic) bond motifs is 1. The van der Waals surface area contributed by atoms with E-state index in [9.17, 15) is 4.79 Å². The van der Waals surface area contributed by atoms with Crippen molar-refractivity contribution in [3.05, 3.63) is 35.4 Å². The van der Waals surface area contributed by atoms with Crippen LogP contribution in [0.2, 0.25) is 0 Å². The van der Waals surface area contributed by atoms with Crippen molar-refractivity contribution < 1.29 is 4.79 Å². The number of hydrogen-bond donors (Lipinski definition) is 1. The molecule has 1 aliphatic carbocycles. The Balaban J connectivity index is 1.98. The Morgan fingerprint density at radius 3 is 3.00 bits per heavy atom. The summed E-state index contributed by atoms with van der Waals surface area (Å²) in [7, 11) is 3.81. The van der Waals surface area contributed by atoms with E-state index in [4.69, 9.17) is 0 Å². The highest BCUT2D eigenvalue weighted by atomic mass is 16.2.